The molecule has 5 nitrogen and oxygen atoms in total. The normalized spacial score (nSPS) is 21.1. The predicted molar refractivity (Wildman–Crippen MR) is 89.5 cm³/mol. The minimum absolute atomic E-state index is 0.0707. The zero-order chi connectivity index (χ0) is 16.4. The van der Waals surface area contributed by atoms with Crippen LogP contribution in [-0.4, -0.2) is 27.6 Å². The summed E-state index contributed by atoms with van der Waals surface area (Å²) in [7, 11) is 0. The highest BCUT2D eigenvalue weighted by molar-refractivity contribution is 5.95. The van der Waals surface area contributed by atoms with Crippen molar-refractivity contribution >= 4 is 17.5 Å². The number of nitrogens with zero attached hydrogens (tertiary/aromatic N) is 1. The molecule has 120 valence electrons. The van der Waals surface area contributed by atoms with Crippen LogP contribution in [0.15, 0.2) is 41.8 Å². The van der Waals surface area contributed by atoms with E-state index < -0.39 is 12.0 Å². The quantitative estimate of drug-likeness (QED) is 0.910. The number of aliphatic hydroxyl groups excluding tert-OH is 1. The molecule has 0 bridgehead atoms. The first-order valence-electron chi connectivity index (χ1n) is 7.87. The highest BCUT2D eigenvalue weighted by Gasteiger charge is 2.26. The van der Waals surface area contributed by atoms with Gasteiger partial charge in [0.15, 0.2) is 0 Å². The molecule has 2 N–H and O–H groups in total. The monoisotopic (exact) mass is 312 g/mol. The van der Waals surface area contributed by atoms with Crippen molar-refractivity contribution in [3.05, 3.63) is 58.5 Å². The summed E-state index contributed by atoms with van der Waals surface area (Å²) < 4.78 is 1.45. The number of carbonyl (C=O) groups excluding carboxylic acids is 1. The van der Waals surface area contributed by atoms with Crippen molar-refractivity contribution in [1.29, 1.82) is 0 Å². The maximum Gasteiger partial charge on any atom is 0.267 e. The molecule has 1 aliphatic carbocycles. The molecule has 0 spiro atoms. The SMILES string of the molecule is C=Cc1cc(C(=O)N[C@H]2CCCC[C@@H]2O)c(=O)n2ccccc12. The van der Waals surface area contributed by atoms with Gasteiger partial charge in [0.2, 0.25) is 0 Å². The Morgan fingerprint density at radius 2 is 2.13 bits per heavy atom. The summed E-state index contributed by atoms with van der Waals surface area (Å²) in [6, 6.07) is 6.66. The third-order valence-corrected chi connectivity index (χ3v) is 4.42. The average Bonchev–Trinajstić information content (AvgIpc) is 2.57. The first kappa shape index (κ1) is 15.5. The number of hydrogen-bond donors (Lipinski definition) is 2. The van der Waals surface area contributed by atoms with Gasteiger partial charge < -0.3 is 10.4 Å². The number of aliphatic hydroxyl groups is 1. The highest BCUT2D eigenvalue weighted by atomic mass is 16.3. The second kappa shape index (κ2) is 6.38. The van der Waals surface area contributed by atoms with E-state index in [1.807, 2.05) is 12.1 Å². The van der Waals surface area contributed by atoms with Crippen LogP contribution in [0.1, 0.15) is 41.6 Å². The van der Waals surface area contributed by atoms with E-state index in [0.29, 0.717) is 11.9 Å². The molecular weight excluding hydrogens is 292 g/mol. The van der Waals surface area contributed by atoms with Gasteiger partial charge in [0.25, 0.3) is 11.5 Å². The molecule has 2 heterocycles. The van der Waals surface area contributed by atoms with Crippen LogP contribution in [0.5, 0.6) is 0 Å². The second-order valence-corrected chi connectivity index (χ2v) is 5.91. The lowest BCUT2D eigenvalue weighted by Crippen LogP contribution is -2.46. The minimum Gasteiger partial charge on any atom is -0.391 e. The second-order valence-electron chi connectivity index (χ2n) is 5.91. The standard InChI is InChI=1S/C18H20N2O3/c1-2-12-11-13(18(23)20-10-6-5-8-15(12)20)17(22)19-14-7-3-4-9-16(14)21/h2,5-6,8,10-11,14,16,21H,1,3-4,7,9H2,(H,19,22)/t14-,16-/m0/s1. The number of hydrogen-bond acceptors (Lipinski definition) is 3. The molecule has 5 heteroatoms. The Morgan fingerprint density at radius 3 is 2.87 bits per heavy atom. The van der Waals surface area contributed by atoms with Gasteiger partial charge in [-0.2, -0.15) is 0 Å². The average molecular weight is 312 g/mol. The van der Waals surface area contributed by atoms with Crippen LogP contribution >= 0.6 is 0 Å². The lowest BCUT2D eigenvalue weighted by Gasteiger charge is -2.28. The molecule has 2 aromatic heterocycles. The molecule has 0 radical (unpaired) electrons. The van der Waals surface area contributed by atoms with Gasteiger partial charge in [-0.15, -0.1) is 0 Å². The summed E-state index contributed by atoms with van der Waals surface area (Å²) in [5.41, 5.74) is 1.14. The molecule has 1 amide bonds. The van der Waals surface area contributed by atoms with Gasteiger partial charge in [0.05, 0.1) is 17.7 Å². The van der Waals surface area contributed by atoms with E-state index in [1.54, 1.807) is 24.4 Å². The third kappa shape index (κ3) is 2.92. The molecule has 1 aliphatic rings. The molecule has 0 unspecified atom stereocenters. The fourth-order valence-electron chi connectivity index (χ4n) is 3.13. The number of carbonyl (C=O) groups is 1. The van der Waals surface area contributed by atoms with Crippen LogP contribution < -0.4 is 10.9 Å². The van der Waals surface area contributed by atoms with Crippen molar-refractivity contribution in [3.63, 3.8) is 0 Å². The number of amides is 1. The first-order chi connectivity index (χ1) is 11.1. The summed E-state index contributed by atoms with van der Waals surface area (Å²) in [6.45, 7) is 3.75. The molecule has 1 fully saturated rings. The predicted octanol–water partition coefficient (Wildman–Crippen LogP) is 1.98. The fourth-order valence-corrected chi connectivity index (χ4v) is 3.13. The minimum atomic E-state index is -0.546. The number of aromatic nitrogens is 1. The molecule has 3 rings (SSSR count). The van der Waals surface area contributed by atoms with Crippen molar-refractivity contribution in [3.8, 4) is 0 Å². The molecule has 0 aromatic carbocycles. The largest absolute Gasteiger partial charge is 0.391 e. The summed E-state index contributed by atoms with van der Waals surface area (Å²) in [4.78, 5) is 25.1. The maximum atomic E-state index is 12.6. The molecule has 2 aromatic rings. The van der Waals surface area contributed by atoms with Gasteiger partial charge in [-0.3, -0.25) is 14.0 Å². The Labute approximate surface area is 134 Å². The Morgan fingerprint density at radius 1 is 1.35 bits per heavy atom. The van der Waals surface area contributed by atoms with Gasteiger partial charge in [-0.1, -0.05) is 31.6 Å². The van der Waals surface area contributed by atoms with Crippen molar-refractivity contribution in [2.75, 3.05) is 0 Å². The van der Waals surface area contributed by atoms with Gasteiger partial charge in [-0.05, 0) is 36.6 Å². The smallest absolute Gasteiger partial charge is 0.267 e. The molecule has 0 aliphatic heterocycles. The van der Waals surface area contributed by atoms with Crippen LogP contribution in [0.25, 0.3) is 11.6 Å². The molecule has 0 saturated heterocycles. The van der Waals surface area contributed by atoms with Crippen LogP contribution in [-0.2, 0) is 0 Å². The van der Waals surface area contributed by atoms with Crippen molar-refractivity contribution < 1.29 is 9.90 Å². The highest BCUT2D eigenvalue weighted by Crippen LogP contribution is 2.19. The Balaban J connectivity index is 1.99. The molecule has 1 saturated carbocycles. The lowest BCUT2D eigenvalue weighted by molar-refractivity contribution is 0.0716. The zero-order valence-corrected chi connectivity index (χ0v) is 12.9. The van der Waals surface area contributed by atoms with E-state index in [2.05, 4.69) is 11.9 Å². The summed E-state index contributed by atoms with van der Waals surface area (Å²) in [5, 5.41) is 12.8. The van der Waals surface area contributed by atoms with Gasteiger partial charge in [0.1, 0.15) is 5.56 Å². The first-order valence-corrected chi connectivity index (χ1v) is 7.87. The Kier molecular flexibility index (Phi) is 4.30. The molecular formula is C18H20N2O3. The van der Waals surface area contributed by atoms with Crippen molar-refractivity contribution in [1.82, 2.24) is 9.72 Å². The van der Waals surface area contributed by atoms with E-state index >= 15 is 0 Å². The van der Waals surface area contributed by atoms with Crippen molar-refractivity contribution in [2.24, 2.45) is 0 Å². The van der Waals surface area contributed by atoms with Crippen LogP contribution in [0.4, 0.5) is 0 Å². The van der Waals surface area contributed by atoms with E-state index in [9.17, 15) is 14.7 Å². The van der Waals surface area contributed by atoms with Crippen molar-refractivity contribution in [2.45, 2.75) is 37.8 Å². The summed E-state index contributed by atoms with van der Waals surface area (Å²) in [6.07, 6.45) is 6.06. The topological polar surface area (TPSA) is 70.8 Å². The Hall–Kier alpha value is -2.40. The van der Waals surface area contributed by atoms with E-state index in [1.165, 1.54) is 4.40 Å². The number of rotatable bonds is 3. The lowest BCUT2D eigenvalue weighted by atomic mass is 9.92. The van der Waals surface area contributed by atoms with E-state index in [0.717, 1.165) is 24.8 Å². The van der Waals surface area contributed by atoms with Gasteiger partial charge in [0, 0.05) is 6.20 Å². The zero-order valence-electron chi connectivity index (χ0n) is 12.9. The van der Waals surface area contributed by atoms with Crippen LogP contribution in [0.3, 0.4) is 0 Å². The molecule has 23 heavy (non-hydrogen) atoms. The number of fused-ring (bicyclic) bond motifs is 1. The summed E-state index contributed by atoms with van der Waals surface area (Å²) in [5.74, 6) is -0.442. The van der Waals surface area contributed by atoms with Gasteiger partial charge >= 0.3 is 0 Å². The third-order valence-electron chi connectivity index (χ3n) is 4.42. The maximum absolute atomic E-state index is 12.6. The van der Waals surface area contributed by atoms with E-state index in [4.69, 9.17) is 0 Å². The fraction of sp³-hybridized carbons (Fsp3) is 0.333. The Bertz CT molecular complexity index is 810. The number of pyridine rings is 2. The van der Waals surface area contributed by atoms with Crippen LogP contribution in [0.2, 0.25) is 0 Å². The summed E-state index contributed by atoms with van der Waals surface area (Å²) >= 11 is 0. The van der Waals surface area contributed by atoms with Gasteiger partial charge in [-0.25, -0.2) is 0 Å². The molecule has 2 atom stereocenters. The van der Waals surface area contributed by atoms with E-state index in [-0.39, 0.29) is 17.2 Å². The van der Waals surface area contributed by atoms with Crippen LogP contribution in [0, 0.1) is 0 Å². The number of nitrogens with one attached hydrogen (secondary N) is 1.